The van der Waals surface area contributed by atoms with Gasteiger partial charge in [0.2, 0.25) is 0 Å². The molecule has 1 rings (SSSR count). The topological polar surface area (TPSA) is 42.4 Å². The van der Waals surface area contributed by atoms with Crippen LogP contribution in [0.4, 0.5) is 19.0 Å². The van der Waals surface area contributed by atoms with E-state index >= 15 is 0 Å². The number of rotatable bonds is 5. The molecule has 0 aliphatic rings. The summed E-state index contributed by atoms with van der Waals surface area (Å²) in [6.07, 6.45) is -3.66. The molecule has 0 radical (unpaired) electrons. The Morgan fingerprint density at radius 3 is 2.45 bits per heavy atom. The predicted molar refractivity (Wildman–Crippen MR) is 68.4 cm³/mol. The van der Waals surface area contributed by atoms with Gasteiger partial charge < -0.3 is 9.64 Å². The molecule has 20 heavy (non-hydrogen) atoms. The van der Waals surface area contributed by atoms with Crippen LogP contribution in [0.1, 0.15) is 26.3 Å². The van der Waals surface area contributed by atoms with Gasteiger partial charge in [-0.05, 0) is 32.9 Å². The second-order valence-electron chi connectivity index (χ2n) is 4.43. The van der Waals surface area contributed by atoms with Crippen molar-refractivity contribution >= 4 is 11.8 Å². The monoisotopic (exact) mass is 290 g/mol. The van der Waals surface area contributed by atoms with Crippen molar-refractivity contribution in [3.63, 3.8) is 0 Å². The van der Waals surface area contributed by atoms with Gasteiger partial charge in [-0.25, -0.2) is 4.98 Å². The van der Waals surface area contributed by atoms with E-state index in [9.17, 15) is 18.0 Å². The lowest BCUT2D eigenvalue weighted by atomic mass is 10.2. The minimum atomic E-state index is -4.42. The lowest BCUT2D eigenvalue weighted by molar-refractivity contribution is -0.141. The number of anilines is 1. The average molecular weight is 290 g/mol. The molecule has 7 heteroatoms. The summed E-state index contributed by atoms with van der Waals surface area (Å²) in [6.45, 7) is 5.53. The van der Waals surface area contributed by atoms with Crippen LogP contribution in [0.5, 0.6) is 0 Å². The normalized spacial score (nSPS) is 11.6. The van der Waals surface area contributed by atoms with Crippen molar-refractivity contribution in [2.75, 3.05) is 18.1 Å². The van der Waals surface area contributed by atoms with Crippen LogP contribution in [-0.2, 0) is 15.7 Å². The van der Waals surface area contributed by atoms with E-state index in [1.54, 1.807) is 11.8 Å². The van der Waals surface area contributed by atoms with E-state index in [-0.39, 0.29) is 19.2 Å². The number of ether oxygens (including phenoxy) is 1. The standard InChI is InChI=1S/C13H17F3N2O2/c1-4-20-12(19)8-18(9(2)3)11-6-5-10(7-17-11)13(14,15)16/h5-7,9H,4,8H2,1-3H3. The average Bonchev–Trinajstić information content (AvgIpc) is 2.35. The highest BCUT2D eigenvalue weighted by Gasteiger charge is 2.31. The van der Waals surface area contributed by atoms with Crippen molar-refractivity contribution in [3.05, 3.63) is 23.9 Å². The molecular weight excluding hydrogens is 273 g/mol. The van der Waals surface area contributed by atoms with Gasteiger partial charge in [-0.1, -0.05) is 0 Å². The summed E-state index contributed by atoms with van der Waals surface area (Å²) in [5, 5.41) is 0. The Hall–Kier alpha value is -1.79. The zero-order valence-corrected chi connectivity index (χ0v) is 11.6. The van der Waals surface area contributed by atoms with Gasteiger partial charge in [0, 0.05) is 12.2 Å². The van der Waals surface area contributed by atoms with Crippen molar-refractivity contribution in [1.29, 1.82) is 0 Å². The Bertz CT molecular complexity index is 444. The number of esters is 1. The first-order valence-electron chi connectivity index (χ1n) is 6.21. The van der Waals surface area contributed by atoms with Crippen LogP contribution in [0.15, 0.2) is 18.3 Å². The molecule has 0 unspecified atom stereocenters. The minimum absolute atomic E-state index is 0.0517. The molecule has 0 amide bonds. The van der Waals surface area contributed by atoms with E-state index in [0.29, 0.717) is 5.82 Å². The van der Waals surface area contributed by atoms with Gasteiger partial charge in [0.15, 0.2) is 0 Å². The zero-order valence-electron chi connectivity index (χ0n) is 11.6. The fraction of sp³-hybridized carbons (Fsp3) is 0.538. The molecule has 4 nitrogen and oxygen atoms in total. The highest BCUT2D eigenvalue weighted by molar-refractivity contribution is 5.75. The molecule has 0 aliphatic carbocycles. The molecule has 0 N–H and O–H groups in total. The van der Waals surface area contributed by atoms with Gasteiger partial charge in [-0.2, -0.15) is 13.2 Å². The van der Waals surface area contributed by atoms with Gasteiger partial charge in [-0.15, -0.1) is 0 Å². The fourth-order valence-corrected chi connectivity index (χ4v) is 1.60. The van der Waals surface area contributed by atoms with Crippen LogP contribution in [0, 0.1) is 0 Å². The van der Waals surface area contributed by atoms with Gasteiger partial charge >= 0.3 is 12.1 Å². The second kappa shape index (κ2) is 6.58. The molecule has 1 heterocycles. The van der Waals surface area contributed by atoms with E-state index < -0.39 is 17.7 Å². The Balaban J connectivity index is 2.90. The molecule has 0 fully saturated rings. The predicted octanol–water partition coefficient (Wildman–Crippen LogP) is 2.88. The highest BCUT2D eigenvalue weighted by Crippen LogP contribution is 2.29. The summed E-state index contributed by atoms with van der Waals surface area (Å²) >= 11 is 0. The highest BCUT2D eigenvalue weighted by atomic mass is 19.4. The van der Waals surface area contributed by atoms with Gasteiger partial charge in [0.25, 0.3) is 0 Å². The lowest BCUT2D eigenvalue weighted by Gasteiger charge is -2.26. The molecule has 0 spiro atoms. The van der Waals surface area contributed by atoms with Crippen LogP contribution in [-0.4, -0.2) is 30.1 Å². The molecule has 0 aliphatic heterocycles. The molecule has 112 valence electrons. The molecule has 0 saturated heterocycles. The van der Waals surface area contributed by atoms with E-state index in [0.717, 1.165) is 12.3 Å². The van der Waals surface area contributed by atoms with Crippen molar-refractivity contribution < 1.29 is 22.7 Å². The zero-order chi connectivity index (χ0) is 15.3. The number of carbonyl (C=O) groups excluding carboxylic acids is 1. The number of hydrogen-bond donors (Lipinski definition) is 0. The largest absolute Gasteiger partial charge is 0.465 e. The van der Waals surface area contributed by atoms with Gasteiger partial charge in [0.1, 0.15) is 12.4 Å². The van der Waals surface area contributed by atoms with Gasteiger partial charge in [0.05, 0.1) is 12.2 Å². The number of nitrogens with zero attached hydrogens (tertiary/aromatic N) is 2. The number of alkyl halides is 3. The number of hydrogen-bond acceptors (Lipinski definition) is 4. The Kier molecular flexibility index (Phi) is 5.35. The molecule has 0 bridgehead atoms. The molecule has 1 aromatic rings. The summed E-state index contributed by atoms with van der Waals surface area (Å²) in [5.41, 5.74) is -0.818. The molecule has 0 atom stereocenters. The Labute approximate surface area is 115 Å². The Morgan fingerprint density at radius 2 is 2.05 bits per heavy atom. The number of pyridine rings is 1. The maximum Gasteiger partial charge on any atom is 0.417 e. The molecular formula is C13H17F3N2O2. The first-order valence-corrected chi connectivity index (χ1v) is 6.21. The fourth-order valence-electron chi connectivity index (χ4n) is 1.60. The third-order valence-corrected chi connectivity index (χ3v) is 2.60. The number of carbonyl (C=O) groups is 1. The van der Waals surface area contributed by atoms with Crippen LogP contribution in [0.25, 0.3) is 0 Å². The maximum atomic E-state index is 12.5. The quantitative estimate of drug-likeness (QED) is 0.782. The van der Waals surface area contributed by atoms with Crippen molar-refractivity contribution in [1.82, 2.24) is 4.98 Å². The first kappa shape index (κ1) is 16.3. The summed E-state index contributed by atoms with van der Waals surface area (Å²) in [6, 6.07) is 2.11. The van der Waals surface area contributed by atoms with Crippen LogP contribution in [0.2, 0.25) is 0 Å². The van der Waals surface area contributed by atoms with E-state index in [4.69, 9.17) is 4.74 Å². The third kappa shape index (κ3) is 4.40. The van der Waals surface area contributed by atoms with Crippen LogP contribution in [0.3, 0.4) is 0 Å². The molecule has 0 saturated carbocycles. The third-order valence-electron chi connectivity index (χ3n) is 2.60. The second-order valence-corrected chi connectivity index (χ2v) is 4.43. The van der Waals surface area contributed by atoms with E-state index in [1.807, 2.05) is 13.8 Å². The number of aromatic nitrogens is 1. The first-order chi connectivity index (χ1) is 9.25. The summed E-state index contributed by atoms with van der Waals surface area (Å²) < 4.78 is 42.2. The van der Waals surface area contributed by atoms with Crippen molar-refractivity contribution in [3.8, 4) is 0 Å². The summed E-state index contributed by atoms with van der Waals surface area (Å²) in [5.74, 6) is -0.135. The summed E-state index contributed by atoms with van der Waals surface area (Å²) in [7, 11) is 0. The van der Waals surface area contributed by atoms with E-state index in [1.165, 1.54) is 6.07 Å². The SMILES string of the molecule is CCOC(=O)CN(c1ccc(C(F)(F)F)cn1)C(C)C. The summed E-state index contributed by atoms with van der Waals surface area (Å²) in [4.78, 5) is 16.8. The maximum absolute atomic E-state index is 12.5. The molecule has 1 aromatic heterocycles. The van der Waals surface area contributed by atoms with E-state index in [2.05, 4.69) is 4.98 Å². The lowest BCUT2D eigenvalue weighted by Crippen LogP contribution is -2.37. The van der Waals surface area contributed by atoms with Crippen molar-refractivity contribution in [2.45, 2.75) is 33.0 Å². The smallest absolute Gasteiger partial charge is 0.417 e. The van der Waals surface area contributed by atoms with Gasteiger partial charge in [-0.3, -0.25) is 4.79 Å². The van der Waals surface area contributed by atoms with Crippen molar-refractivity contribution in [2.24, 2.45) is 0 Å². The molecule has 0 aromatic carbocycles. The van der Waals surface area contributed by atoms with Crippen LogP contribution < -0.4 is 4.90 Å². The van der Waals surface area contributed by atoms with Crippen LogP contribution >= 0.6 is 0 Å². The number of halogens is 3. The minimum Gasteiger partial charge on any atom is -0.465 e. The Morgan fingerprint density at radius 1 is 1.40 bits per heavy atom.